The number of amides is 1. The number of benzene rings is 1. The second-order valence-corrected chi connectivity index (χ2v) is 7.34. The number of aromatic nitrogens is 1. The van der Waals surface area contributed by atoms with Gasteiger partial charge in [0.25, 0.3) is 0 Å². The summed E-state index contributed by atoms with van der Waals surface area (Å²) in [7, 11) is 0. The lowest BCUT2D eigenvalue weighted by atomic mass is 10.1. The van der Waals surface area contributed by atoms with Crippen LogP contribution in [0.15, 0.2) is 53.7 Å². The Bertz CT molecular complexity index is 774. The number of hydrogen-bond acceptors (Lipinski definition) is 4. The molecule has 0 fully saturated rings. The van der Waals surface area contributed by atoms with Crippen molar-refractivity contribution in [2.24, 2.45) is 10.7 Å². The van der Waals surface area contributed by atoms with Gasteiger partial charge in [-0.3, -0.25) is 15.3 Å². The van der Waals surface area contributed by atoms with Crippen molar-refractivity contribution in [3.8, 4) is 0 Å². The van der Waals surface area contributed by atoms with Gasteiger partial charge in [0, 0.05) is 37.1 Å². The van der Waals surface area contributed by atoms with Gasteiger partial charge in [-0.1, -0.05) is 18.2 Å². The summed E-state index contributed by atoms with van der Waals surface area (Å²) >= 11 is 0. The molecule has 1 heterocycles. The maximum Gasteiger partial charge on any atom is 0.412 e. The van der Waals surface area contributed by atoms with Crippen LogP contribution in [0.2, 0.25) is 0 Å². The van der Waals surface area contributed by atoms with Crippen LogP contribution in [0.4, 0.5) is 10.5 Å². The average Bonchev–Trinajstić information content (AvgIpc) is 2.62. The molecule has 0 unspecified atom stereocenters. The Morgan fingerprint density at radius 3 is 2.48 bits per heavy atom. The molecule has 0 saturated heterocycles. The van der Waals surface area contributed by atoms with Crippen LogP contribution in [-0.2, 0) is 17.6 Å². The van der Waals surface area contributed by atoms with E-state index in [1.165, 1.54) is 0 Å². The summed E-state index contributed by atoms with van der Waals surface area (Å²) in [6.45, 7) is 6.77. The maximum absolute atomic E-state index is 11.8. The van der Waals surface area contributed by atoms with E-state index in [9.17, 15) is 4.79 Å². The van der Waals surface area contributed by atoms with Crippen LogP contribution in [0.1, 0.15) is 32.0 Å². The second-order valence-electron chi connectivity index (χ2n) is 7.34. The van der Waals surface area contributed by atoms with Gasteiger partial charge in [-0.05, 0) is 57.0 Å². The molecule has 1 aromatic heterocycles. The van der Waals surface area contributed by atoms with Crippen LogP contribution < -0.4 is 16.4 Å². The molecule has 29 heavy (non-hydrogen) atoms. The van der Waals surface area contributed by atoms with E-state index in [0.29, 0.717) is 24.7 Å². The first-order valence-corrected chi connectivity index (χ1v) is 9.34. The third kappa shape index (κ3) is 10.7. The molecular formula is C21H30IN5O2. The van der Waals surface area contributed by atoms with Crippen LogP contribution in [-0.4, -0.2) is 35.7 Å². The molecule has 0 bridgehead atoms. The zero-order chi connectivity index (χ0) is 20.4. The molecule has 0 aliphatic carbocycles. The van der Waals surface area contributed by atoms with Gasteiger partial charge in [0.15, 0.2) is 5.96 Å². The molecule has 2 aromatic rings. The van der Waals surface area contributed by atoms with Crippen LogP contribution in [0.5, 0.6) is 0 Å². The Hall–Kier alpha value is -2.36. The number of hydrogen-bond donors (Lipinski definition) is 3. The van der Waals surface area contributed by atoms with Gasteiger partial charge < -0.3 is 15.8 Å². The number of anilines is 1. The Morgan fingerprint density at radius 2 is 1.86 bits per heavy atom. The lowest BCUT2D eigenvalue weighted by Gasteiger charge is -2.19. The topological polar surface area (TPSA) is 102 Å². The fourth-order valence-electron chi connectivity index (χ4n) is 2.40. The number of aliphatic imine (C=N–C) groups is 1. The van der Waals surface area contributed by atoms with Crippen molar-refractivity contribution < 1.29 is 9.53 Å². The van der Waals surface area contributed by atoms with Crippen molar-refractivity contribution in [2.45, 2.75) is 39.2 Å². The van der Waals surface area contributed by atoms with Gasteiger partial charge in [-0.15, -0.1) is 24.0 Å². The van der Waals surface area contributed by atoms with Gasteiger partial charge >= 0.3 is 6.09 Å². The SMILES string of the molecule is CC(C)(C)OC(=O)Nc1ccc(CCNC(N)=NCCc2ccccn2)cc1.I. The van der Waals surface area contributed by atoms with Crippen molar-refractivity contribution in [3.05, 3.63) is 59.9 Å². The van der Waals surface area contributed by atoms with Gasteiger partial charge in [-0.25, -0.2) is 4.79 Å². The highest BCUT2D eigenvalue weighted by atomic mass is 127. The molecule has 158 valence electrons. The molecule has 1 amide bonds. The van der Waals surface area contributed by atoms with Gasteiger partial charge in [0.05, 0.1) is 0 Å². The smallest absolute Gasteiger partial charge is 0.412 e. The maximum atomic E-state index is 11.8. The number of nitrogens with zero attached hydrogens (tertiary/aromatic N) is 2. The van der Waals surface area contributed by atoms with Gasteiger partial charge in [0.2, 0.25) is 0 Å². The number of ether oxygens (including phenoxy) is 1. The fourth-order valence-corrected chi connectivity index (χ4v) is 2.40. The Kier molecular flexibility index (Phi) is 10.4. The molecule has 0 atom stereocenters. The molecule has 0 aliphatic heterocycles. The predicted molar refractivity (Wildman–Crippen MR) is 128 cm³/mol. The van der Waals surface area contributed by atoms with Crippen LogP contribution in [0.25, 0.3) is 0 Å². The highest BCUT2D eigenvalue weighted by molar-refractivity contribution is 14.0. The van der Waals surface area contributed by atoms with E-state index in [2.05, 4.69) is 20.6 Å². The summed E-state index contributed by atoms with van der Waals surface area (Å²) in [5, 5.41) is 5.82. The zero-order valence-corrected chi connectivity index (χ0v) is 19.5. The molecular weight excluding hydrogens is 481 g/mol. The minimum Gasteiger partial charge on any atom is -0.444 e. The van der Waals surface area contributed by atoms with Crippen molar-refractivity contribution >= 4 is 41.7 Å². The number of nitrogens with one attached hydrogen (secondary N) is 2. The molecule has 8 heteroatoms. The summed E-state index contributed by atoms with van der Waals surface area (Å²) in [6.07, 6.45) is 2.87. The summed E-state index contributed by atoms with van der Waals surface area (Å²) < 4.78 is 5.23. The third-order valence-electron chi connectivity index (χ3n) is 3.70. The summed E-state index contributed by atoms with van der Waals surface area (Å²) in [5.41, 5.74) is 8.19. The monoisotopic (exact) mass is 511 g/mol. The molecule has 1 aromatic carbocycles. The fraction of sp³-hybridized carbons (Fsp3) is 0.381. The molecule has 0 aliphatic rings. The summed E-state index contributed by atoms with van der Waals surface area (Å²) in [5.74, 6) is 0.430. The van der Waals surface area contributed by atoms with Crippen molar-refractivity contribution in [1.82, 2.24) is 10.3 Å². The number of carbonyl (C=O) groups excluding carboxylic acids is 1. The Morgan fingerprint density at radius 1 is 1.14 bits per heavy atom. The van der Waals surface area contributed by atoms with E-state index in [1.54, 1.807) is 6.20 Å². The Balaban J connectivity index is 0.00000420. The minimum absolute atomic E-state index is 0. The van der Waals surface area contributed by atoms with Crippen LogP contribution in [0, 0.1) is 0 Å². The molecule has 0 spiro atoms. The Labute approximate surface area is 189 Å². The van der Waals surface area contributed by atoms with Crippen molar-refractivity contribution in [3.63, 3.8) is 0 Å². The summed E-state index contributed by atoms with van der Waals surface area (Å²) in [6, 6.07) is 13.4. The number of halogens is 1. The van der Waals surface area contributed by atoms with Crippen LogP contribution in [0.3, 0.4) is 0 Å². The largest absolute Gasteiger partial charge is 0.444 e. The van der Waals surface area contributed by atoms with E-state index in [-0.39, 0.29) is 24.0 Å². The quantitative estimate of drug-likeness (QED) is 0.299. The normalized spacial score (nSPS) is 11.3. The summed E-state index contributed by atoms with van der Waals surface area (Å²) in [4.78, 5) is 20.3. The van der Waals surface area contributed by atoms with E-state index in [0.717, 1.165) is 24.1 Å². The first kappa shape index (κ1) is 24.7. The van der Waals surface area contributed by atoms with Crippen LogP contribution >= 0.6 is 24.0 Å². The van der Waals surface area contributed by atoms with E-state index >= 15 is 0 Å². The molecule has 7 nitrogen and oxygen atoms in total. The first-order valence-electron chi connectivity index (χ1n) is 9.34. The highest BCUT2D eigenvalue weighted by Crippen LogP contribution is 2.13. The van der Waals surface area contributed by atoms with Crippen molar-refractivity contribution in [2.75, 3.05) is 18.4 Å². The number of guanidine groups is 1. The van der Waals surface area contributed by atoms with Gasteiger partial charge in [-0.2, -0.15) is 0 Å². The second kappa shape index (κ2) is 12.3. The predicted octanol–water partition coefficient (Wildman–Crippen LogP) is 3.74. The van der Waals surface area contributed by atoms with Crippen molar-refractivity contribution in [1.29, 1.82) is 0 Å². The third-order valence-corrected chi connectivity index (χ3v) is 3.70. The first-order chi connectivity index (χ1) is 13.3. The molecule has 0 saturated carbocycles. The van der Waals surface area contributed by atoms with Gasteiger partial charge in [0.1, 0.15) is 5.60 Å². The molecule has 2 rings (SSSR count). The highest BCUT2D eigenvalue weighted by Gasteiger charge is 2.16. The minimum atomic E-state index is -0.519. The number of carbonyl (C=O) groups is 1. The zero-order valence-electron chi connectivity index (χ0n) is 17.1. The average molecular weight is 511 g/mol. The number of pyridine rings is 1. The van der Waals surface area contributed by atoms with E-state index in [4.69, 9.17) is 10.5 Å². The number of nitrogens with two attached hydrogens (primary N) is 1. The van der Waals surface area contributed by atoms with E-state index in [1.807, 2.05) is 63.2 Å². The standard InChI is InChI=1S/C21H29N5O2.HI/c1-21(2,3)28-20(27)26-18-9-7-16(8-10-18)11-14-24-19(22)25-15-12-17-6-4-5-13-23-17;/h4-10,13H,11-12,14-15H2,1-3H3,(H,26,27)(H3,22,24,25);1H. The number of rotatable bonds is 7. The van der Waals surface area contributed by atoms with E-state index < -0.39 is 11.7 Å². The lowest BCUT2D eigenvalue weighted by molar-refractivity contribution is 0.0636. The molecule has 0 radical (unpaired) electrons. The lowest BCUT2D eigenvalue weighted by Crippen LogP contribution is -2.33. The molecule has 4 N–H and O–H groups in total.